The van der Waals surface area contributed by atoms with Gasteiger partial charge in [-0.15, -0.1) is 0 Å². The summed E-state index contributed by atoms with van der Waals surface area (Å²) in [6, 6.07) is 1.90. The zero-order chi connectivity index (χ0) is 9.19. The molecule has 0 aliphatic rings. The lowest BCUT2D eigenvalue weighted by Gasteiger charge is -2.21. The standard InChI is InChI=1S/C8H15N3O/c1-8(9,6-12)5-7-3-4-10-11(7)2/h3-4,12H,5-6,9H2,1-2H3. The van der Waals surface area contributed by atoms with Crippen LogP contribution >= 0.6 is 0 Å². The summed E-state index contributed by atoms with van der Waals surface area (Å²) in [5, 5.41) is 12.9. The van der Waals surface area contributed by atoms with Crippen LogP contribution in [0.2, 0.25) is 0 Å². The highest BCUT2D eigenvalue weighted by molar-refractivity contribution is 5.05. The molecule has 0 aliphatic carbocycles. The van der Waals surface area contributed by atoms with Crippen molar-refractivity contribution in [1.82, 2.24) is 9.78 Å². The van der Waals surface area contributed by atoms with Gasteiger partial charge in [0, 0.05) is 30.9 Å². The maximum Gasteiger partial charge on any atom is 0.0612 e. The Balaban J connectivity index is 2.70. The van der Waals surface area contributed by atoms with Gasteiger partial charge in [0.25, 0.3) is 0 Å². The lowest BCUT2D eigenvalue weighted by atomic mass is 9.98. The number of aryl methyl sites for hydroxylation is 1. The van der Waals surface area contributed by atoms with Crippen LogP contribution in [-0.4, -0.2) is 27.0 Å². The van der Waals surface area contributed by atoms with E-state index >= 15 is 0 Å². The van der Waals surface area contributed by atoms with Gasteiger partial charge in [0.2, 0.25) is 0 Å². The first-order valence-electron chi connectivity index (χ1n) is 3.92. The van der Waals surface area contributed by atoms with E-state index < -0.39 is 5.54 Å². The second kappa shape index (κ2) is 3.25. The molecule has 1 rings (SSSR count). The van der Waals surface area contributed by atoms with Crippen molar-refractivity contribution in [3.8, 4) is 0 Å². The molecule has 4 heteroatoms. The molecule has 0 saturated heterocycles. The van der Waals surface area contributed by atoms with Gasteiger partial charge in [-0.25, -0.2) is 0 Å². The Kier molecular flexibility index (Phi) is 2.49. The van der Waals surface area contributed by atoms with Gasteiger partial charge in [0.05, 0.1) is 6.61 Å². The molecule has 0 spiro atoms. The number of aliphatic hydroxyl groups is 1. The fourth-order valence-electron chi connectivity index (χ4n) is 1.04. The van der Waals surface area contributed by atoms with Gasteiger partial charge in [0.15, 0.2) is 0 Å². The molecule has 1 aromatic heterocycles. The van der Waals surface area contributed by atoms with Gasteiger partial charge >= 0.3 is 0 Å². The highest BCUT2D eigenvalue weighted by Gasteiger charge is 2.18. The van der Waals surface area contributed by atoms with E-state index in [1.165, 1.54) is 0 Å². The number of aliphatic hydroxyl groups excluding tert-OH is 1. The summed E-state index contributed by atoms with van der Waals surface area (Å²) >= 11 is 0. The minimum Gasteiger partial charge on any atom is -0.394 e. The van der Waals surface area contributed by atoms with E-state index in [0.29, 0.717) is 6.42 Å². The highest BCUT2D eigenvalue weighted by atomic mass is 16.3. The van der Waals surface area contributed by atoms with E-state index in [1.54, 1.807) is 10.9 Å². The fraction of sp³-hybridized carbons (Fsp3) is 0.625. The lowest BCUT2D eigenvalue weighted by Crippen LogP contribution is -2.42. The van der Waals surface area contributed by atoms with Crippen LogP contribution in [0.4, 0.5) is 0 Å². The summed E-state index contributed by atoms with van der Waals surface area (Å²) < 4.78 is 1.76. The molecule has 0 bridgehead atoms. The zero-order valence-electron chi connectivity index (χ0n) is 7.49. The molecule has 4 nitrogen and oxygen atoms in total. The van der Waals surface area contributed by atoms with Gasteiger partial charge in [-0.05, 0) is 13.0 Å². The smallest absolute Gasteiger partial charge is 0.0612 e. The third-order valence-corrected chi connectivity index (χ3v) is 1.87. The molecule has 0 aromatic carbocycles. The van der Waals surface area contributed by atoms with Gasteiger partial charge in [-0.3, -0.25) is 4.68 Å². The van der Waals surface area contributed by atoms with Crippen molar-refractivity contribution in [2.75, 3.05) is 6.61 Å². The average molecular weight is 169 g/mol. The molecule has 3 N–H and O–H groups in total. The molecule has 1 aromatic rings. The monoisotopic (exact) mass is 169 g/mol. The van der Waals surface area contributed by atoms with Crippen LogP contribution in [0, 0.1) is 0 Å². The fourth-order valence-corrected chi connectivity index (χ4v) is 1.04. The maximum atomic E-state index is 8.93. The van der Waals surface area contributed by atoms with Crippen molar-refractivity contribution in [2.24, 2.45) is 12.8 Å². The Bertz CT molecular complexity index is 255. The first-order valence-corrected chi connectivity index (χ1v) is 3.92. The van der Waals surface area contributed by atoms with Crippen molar-refractivity contribution in [1.29, 1.82) is 0 Å². The Labute approximate surface area is 72.0 Å². The first-order chi connectivity index (χ1) is 5.55. The average Bonchev–Trinajstić information content (AvgIpc) is 2.36. The molecule has 1 atom stereocenters. The number of nitrogens with zero attached hydrogens (tertiary/aromatic N) is 2. The van der Waals surface area contributed by atoms with E-state index in [0.717, 1.165) is 5.69 Å². The normalized spacial score (nSPS) is 16.0. The van der Waals surface area contributed by atoms with Crippen LogP contribution in [0.25, 0.3) is 0 Å². The summed E-state index contributed by atoms with van der Waals surface area (Å²) in [6.07, 6.45) is 2.36. The summed E-state index contributed by atoms with van der Waals surface area (Å²) in [5.41, 5.74) is 6.27. The number of hydrogen-bond donors (Lipinski definition) is 2. The zero-order valence-corrected chi connectivity index (χ0v) is 7.49. The van der Waals surface area contributed by atoms with Crippen molar-refractivity contribution in [3.63, 3.8) is 0 Å². The number of rotatable bonds is 3. The van der Waals surface area contributed by atoms with Gasteiger partial charge in [-0.2, -0.15) is 5.10 Å². The van der Waals surface area contributed by atoms with Gasteiger partial charge in [0.1, 0.15) is 0 Å². The molecule has 0 saturated carbocycles. The summed E-state index contributed by atoms with van der Waals surface area (Å²) in [5.74, 6) is 0. The molecule has 1 heterocycles. The van der Waals surface area contributed by atoms with Crippen LogP contribution < -0.4 is 5.73 Å². The Morgan fingerprint density at radius 1 is 1.75 bits per heavy atom. The largest absolute Gasteiger partial charge is 0.394 e. The quantitative estimate of drug-likeness (QED) is 0.651. The van der Waals surface area contributed by atoms with Crippen LogP contribution in [0.5, 0.6) is 0 Å². The predicted octanol–water partition coefficient (Wildman–Crippen LogP) is -0.328. The number of hydrogen-bond acceptors (Lipinski definition) is 3. The van der Waals surface area contributed by atoms with Crippen LogP contribution in [0.1, 0.15) is 12.6 Å². The Hall–Kier alpha value is -0.870. The van der Waals surface area contributed by atoms with Crippen LogP contribution in [0.15, 0.2) is 12.3 Å². The molecule has 1 unspecified atom stereocenters. The summed E-state index contributed by atoms with van der Waals surface area (Å²) in [4.78, 5) is 0. The van der Waals surface area contributed by atoms with Crippen molar-refractivity contribution < 1.29 is 5.11 Å². The summed E-state index contributed by atoms with van der Waals surface area (Å²) in [6.45, 7) is 1.80. The van der Waals surface area contributed by atoms with E-state index in [4.69, 9.17) is 10.8 Å². The van der Waals surface area contributed by atoms with Crippen LogP contribution in [-0.2, 0) is 13.5 Å². The van der Waals surface area contributed by atoms with Crippen molar-refractivity contribution in [2.45, 2.75) is 18.9 Å². The molecular formula is C8H15N3O. The van der Waals surface area contributed by atoms with E-state index in [1.807, 2.05) is 20.0 Å². The minimum absolute atomic E-state index is 0.0157. The lowest BCUT2D eigenvalue weighted by molar-refractivity contribution is 0.206. The molecular weight excluding hydrogens is 154 g/mol. The third kappa shape index (κ3) is 2.06. The van der Waals surface area contributed by atoms with E-state index in [2.05, 4.69) is 5.10 Å². The predicted molar refractivity (Wildman–Crippen MR) is 46.6 cm³/mol. The molecule has 12 heavy (non-hydrogen) atoms. The molecule has 0 fully saturated rings. The first kappa shape index (κ1) is 9.22. The Morgan fingerprint density at radius 2 is 2.42 bits per heavy atom. The minimum atomic E-state index is -0.548. The van der Waals surface area contributed by atoms with Gasteiger partial charge < -0.3 is 10.8 Å². The molecule has 0 radical (unpaired) electrons. The maximum absolute atomic E-state index is 8.93. The highest BCUT2D eigenvalue weighted by Crippen LogP contribution is 2.08. The van der Waals surface area contributed by atoms with Gasteiger partial charge in [-0.1, -0.05) is 0 Å². The third-order valence-electron chi connectivity index (χ3n) is 1.87. The number of aromatic nitrogens is 2. The van der Waals surface area contributed by atoms with E-state index in [9.17, 15) is 0 Å². The second-order valence-electron chi connectivity index (χ2n) is 3.44. The summed E-state index contributed by atoms with van der Waals surface area (Å²) in [7, 11) is 1.86. The number of nitrogens with two attached hydrogens (primary N) is 1. The van der Waals surface area contributed by atoms with Crippen LogP contribution in [0.3, 0.4) is 0 Å². The topological polar surface area (TPSA) is 64.1 Å². The second-order valence-corrected chi connectivity index (χ2v) is 3.44. The van der Waals surface area contributed by atoms with Crippen molar-refractivity contribution >= 4 is 0 Å². The Morgan fingerprint density at radius 3 is 2.83 bits per heavy atom. The molecule has 0 amide bonds. The SMILES string of the molecule is Cn1nccc1CC(C)(N)CO. The molecule has 68 valence electrons. The van der Waals surface area contributed by atoms with E-state index in [-0.39, 0.29) is 6.61 Å². The molecule has 0 aliphatic heterocycles. The van der Waals surface area contributed by atoms with Crippen molar-refractivity contribution in [3.05, 3.63) is 18.0 Å².